The molecule has 4 aromatic rings. The Kier molecular flexibility index (Phi) is 9.79. The number of nitrogens with one attached hydrogen (secondary N) is 4. The lowest BCUT2D eigenvalue weighted by Gasteiger charge is -2.10. The fourth-order valence-electron chi connectivity index (χ4n) is 3.53. The van der Waals surface area contributed by atoms with Crippen LogP contribution in [-0.4, -0.2) is 59.1 Å². The maximum Gasteiger partial charge on any atom is 0.322 e. The largest absolute Gasteiger partial charge is 0.497 e. The van der Waals surface area contributed by atoms with E-state index < -0.39 is 42.0 Å². The molecule has 0 spiro atoms. The molecule has 43 heavy (non-hydrogen) atoms. The molecule has 2 aromatic heterocycles. The molecule has 0 aliphatic rings. The maximum absolute atomic E-state index is 14.8. The van der Waals surface area contributed by atoms with Crippen molar-refractivity contribution in [2.75, 3.05) is 36.6 Å². The van der Waals surface area contributed by atoms with Gasteiger partial charge in [0.05, 0.1) is 18.5 Å². The Morgan fingerprint density at radius 3 is 2.58 bits per heavy atom. The Bertz CT molecular complexity index is 1690. The van der Waals surface area contributed by atoms with Crippen LogP contribution >= 0.6 is 22.7 Å². The molecule has 0 saturated carbocycles. The predicted octanol–water partition coefficient (Wildman–Crippen LogP) is 3.77. The van der Waals surface area contributed by atoms with Crippen LogP contribution in [0.2, 0.25) is 0 Å². The van der Waals surface area contributed by atoms with E-state index in [-0.39, 0.29) is 46.4 Å². The molecule has 0 fully saturated rings. The van der Waals surface area contributed by atoms with Crippen molar-refractivity contribution in [3.8, 4) is 26.9 Å². The van der Waals surface area contributed by atoms with Crippen molar-refractivity contribution in [2.24, 2.45) is 0 Å². The van der Waals surface area contributed by atoms with Crippen LogP contribution in [-0.2, 0) is 9.59 Å². The van der Waals surface area contributed by atoms with E-state index in [4.69, 9.17) is 15.6 Å². The Balaban J connectivity index is 1.43. The first-order valence-corrected chi connectivity index (χ1v) is 13.9. The Hall–Kier alpha value is -5.16. The summed E-state index contributed by atoms with van der Waals surface area (Å²) in [6.45, 7) is -0.591. The SMILES string of the molecule is COc1cccc(C(=O)Nc2cc(-c3csc(-c4sc(NC(=O)NCCC(=O)NCC(=O)O)nc4N)n3)c(F)cc2F)c1. The van der Waals surface area contributed by atoms with Gasteiger partial charge in [-0.3, -0.25) is 19.7 Å². The zero-order valence-corrected chi connectivity index (χ0v) is 23.8. The van der Waals surface area contributed by atoms with Gasteiger partial charge < -0.3 is 31.5 Å². The number of hydrogen-bond donors (Lipinski definition) is 6. The molecular weight excluding hydrogens is 608 g/mol. The van der Waals surface area contributed by atoms with Gasteiger partial charge in [-0.05, 0) is 24.3 Å². The highest BCUT2D eigenvalue weighted by molar-refractivity contribution is 7.23. The normalized spacial score (nSPS) is 10.6. The third-order valence-corrected chi connectivity index (χ3v) is 7.54. The van der Waals surface area contributed by atoms with Crippen molar-refractivity contribution < 1.29 is 37.8 Å². The molecule has 13 nitrogen and oxygen atoms in total. The van der Waals surface area contributed by atoms with Crippen LogP contribution in [0.4, 0.5) is 30.2 Å². The molecule has 2 aromatic carbocycles. The van der Waals surface area contributed by atoms with E-state index in [1.54, 1.807) is 12.1 Å². The molecule has 0 atom stereocenters. The number of nitrogens with zero attached hydrogens (tertiary/aromatic N) is 2. The first-order valence-electron chi connectivity index (χ1n) is 12.2. The summed E-state index contributed by atoms with van der Waals surface area (Å²) < 4.78 is 34.5. The monoisotopic (exact) mass is 631 g/mol. The van der Waals surface area contributed by atoms with Gasteiger partial charge >= 0.3 is 12.0 Å². The summed E-state index contributed by atoms with van der Waals surface area (Å²) in [5, 5.41) is 20.1. The minimum atomic E-state index is -1.19. The van der Waals surface area contributed by atoms with Crippen LogP contribution < -0.4 is 31.7 Å². The molecule has 17 heteroatoms. The molecule has 4 amide bonds. The second-order valence-electron chi connectivity index (χ2n) is 8.57. The fraction of sp³-hybridized carbons (Fsp3) is 0.154. The van der Waals surface area contributed by atoms with Crippen molar-refractivity contribution >= 4 is 63.1 Å². The smallest absolute Gasteiger partial charge is 0.322 e. The number of ether oxygens (including phenoxy) is 1. The van der Waals surface area contributed by atoms with Crippen molar-refractivity contribution in [1.82, 2.24) is 20.6 Å². The van der Waals surface area contributed by atoms with E-state index in [0.717, 1.165) is 28.7 Å². The molecule has 0 radical (unpaired) electrons. The number of aliphatic carboxylic acids is 1. The molecule has 224 valence electrons. The fourth-order valence-corrected chi connectivity index (χ4v) is 5.33. The summed E-state index contributed by atoms with van der Waals surface area (Å²) >= 11 is 2.10. The van der Waals surface area contributed by atoms with Crippen molar-refractivity contribution in [3.63, 3.8) is 0 Å². The van der Waals surface area contributed by atoms with Crippen LogP contribution in [0.25, 0.3) is 21.1 Å². The summed E-state index contributed by atoms with van der Waals surface area (Å²) in [5.74, 6) is -3.77. The van der Waals surface area contributed by atoms with E-state index in [1.807, 2.05) is 0 Å². The number of anilines is 3. The third-order valence-electron chi connectivity index (χ3n) is 5.56. The number of carboxylic acids is 1. The van der Waals surface area contributed by atoms with Crippen LogP contribution in [0.1, 0.15) is 16.8 Å². The minimum Gasteiger partial charge on any atom is -0.497 e. The van der Waals surface area contributed by atoms with E-state index in [1.165, 1.54) is 24.6 Å². The number of amides is 4. The lowest BCUT2D eigenvalue weighted by atomic mass is 10.1. The average Bonchev–Trinajstić information content (AvgIpc) is 3.59. The lowest BCUT2D eigenvalue weighted by molar-refractivity contribution is -0.137. The predicted molar refractivity (Wildman–Crippen MR) is 156 cm³/mol. The summed E-state index contributed by atoms with van der Waals surface area (Å²) in [4.78, 5) is 55.7. The molecule has 7 N–H and O–H groups in total. The first kappa shape index (κ1) is 30.8. The summed E-state index contributed by atoms with van der Waals surface area (Å²) in [6.07, 6.45) is -0.139. The quantitative estimate of drug-likeness (QED) is 0.143. The molecule has 0 aliphatic heterocycles. The lowest BCUT2D eigenvalue weighted by Crippen LogP contribution is -2.35. The van der Waals surface area contributed by atoms with Gasteiger partial charge in [0.15, 0.2) is 5.13 Å². The van der Waals surface area contributed by atoms with Gasteiger partial charge in [0.25, 0.3) is 5.91 Å². The third kappa shape index (κ3) is 7.98. The van der Waals surface area contributed by atoms with Gasteiger partial charge in [-0.25, -0.2) is 23.5 Å². The Morgan fingerprint density at radius 2 is 1.84 bits per heavy atom. The molecule has 4 rings (SSSR count). The molecule has 2 heterocycles. The highest BCUT2D eigenvalue weighted by Gasteiger charge is 2.20. The van der Waals surface area contributed by atoms with Crippen LogP contribution in [0.15, 0.2) is 41.8 Å². The number of halogens is 2. The number of carbonyl (C=O) groups excluding carboxylic acids is 3. The van der Waals surface area contributed by atoms with E-state index in [0.29, 0.717) is 21.7 Å². The van der Waals surface area contributed by atoms with E-state index >= 15 is 0 Å². The average molecular weight is 632 g/mol. The summed E-state index contributed by atoms with van der Waals surface area (Å²) in [5.41, 5.74) is 6.04. The number of nitrogen functional groups attached to an aromatic ring is 1. The number of benzene rings is 2. The zero-order chi connectivity index (χ0) is 31.1. The number of nitrogens with two attached hydrogens (primary N) is 1. The van der Waals surface area contributed by atoms with Crippen LogP contribution in [0, 0.1) is 11.6 Å². The summed E-state index contributed by atoms with van der Waals surface area (Å²) in [7, 11) is 1.44. The highest BCUT2D eigenvalue weighted by atomic mass is 32.1. The van der Waals surface area contributed by atoms with Crippen molar-refractivity contribution in [2.45, 2.75) is 6.42 Å². The molecule has 0 bridgehead atoms. The van der Waals surface area contributed by atoms with Gasteiger partial charge in [-0.2, -0.15) is 0 Å². The van der Waals surface area contributed by atoms with E-state index in [9.17, 15) is 28.0 Å². The Morgan fingerprint density at radius 1 is 1.05 bits per heavy atom. The van der Waals surface area contributed by atoms with Gasteiger partial charge in [-0.15, -0.1) is 11.3 Å². The molecule has 0 saturated heterocycles. The zero-order valence-electron chi connectivity index (χ0n) is 22.2. The van der Waals surface area contributed by atoms with Gasteiger partial charge in [-0.1, -0.05) is 17.4 Å². The highest BCUT2D eigenvalue weighted by Crippen LogP contribution is 2.39. The Labute approximate surface area is 250 Å². The van der Waals surface area contributed by atoms with Crippen molar-refractivity contribution in [3.05, 3.63) is 59.0 Å². The number of methoxy groups -OCH3 is 1. The molecule has 0 unspecified atom stereocenters. The number of carbonyl (C=O) groups is 4. The number of thiazole rings is 2. The standard InChI is InChI=1S/C26H23F2N7O6S2/c1-41-13-4-2-3-12(7-13)23(39)32-17-8-14(15(27)9-16(17)28)18-11-42-24(33-18)21-22(29)34-26(43-21)35-25(40)30-6-5-19(36)31-10-20(37)38/h2-4,7-9,11H,5-6,10,29H2,1H3,(H,31,36)(H,32,39)(H,37,38)(H2,30,34,35,40). The van der Waals surface area contributed by atoms with Crippen LogP contribution in [0.3, 0.4) is 0 Å². The second-order valence-corrected chi connectivity index (χ2v) is 10.4. The van der Waals surface area contributed by atoms with Gasteiger partial charge in [0, 0.05) is 35.5 Å². The second kappa shape index (κ2) is 13.7. The summed E-state index contributed by atoms with van der Waals surface area (Å²) in [6, 6.07) is 7.34. The molecule has 0 aliphatic carbocycles. The number of aromatic nitrogens is 2. The van der Waals surface area contributed by atoms with Gasteiger partial charge in [0.2, 0.25) is 5.91 Å². The van der Waals surface area contributed by atoms with E-state index in [2.05, 4.69) is 31.2 Å². The van der Waals surface area contributed by atoms with Gasteiger partial charge in [0.1, 0.15) is 39.6 Å². The maximum atomic E-state index is 14.8. The molecular formula is C26H23F2N7O6S2. The first-order chi connectivity index (χ1) is 20.5. The number of urea groups is 1. The number of carboxylic acid groups (broad SMARTS) is 1. The number of rotatable bonds is 11. The van der Waals surface area contributed by atoms with Crippen molar-refractivity contribution in [1.29, 1.82) is 0 Å². The number of hydrogen-bond acceptors (Lipinski definition) is 10. The topological polar surface area (TPSA) is 198 Å². The minimum absolute atomic E-state index is 0.0417. The van der Waals surface area contributed by atoms with Crippen LogP contribution in [0.5, 0.6) is 5.75 Å².